The molecule has 1 aromatic carbocycles. The molecule has 3 nitrogen and oxygen atoms in total. The minimum Gasteiger partial charge on any atom is -0.497 e. The third-order valence-corrected chi connectivity index (χ3v) is 5.02. The van der Waals surface area contributed by atoms with Crippen LogP contribution in [0.3, 0.4) is 0 Å². The number of hydrogen-bond acceptors (Lipinski definition) is 3. The Morgan fingerprint density at radius 1 is 1.30 bits per heavy atom. The Morgan fingerprint density at radius 3 is 2.65 bits per heavy atom. The van der Waals surface area contributed by atoms with Gasteiger partial charge in [0.15, 0.2) is 0 Å². The van der Waals surface area contributed by atoms with Gasteiger partial charge in [-0.05, 0) is 48.9 Å². The Balaban J connectivity index is 1.92. The van der Waals surface area contributed by atoms with E-state index in [-0.39, 0.29) is 17.3 Å². The molecule has 0 N–H and O–H groups in total. The van der Waals surface area contributed by atoms with Crippen LogP contribution in [0.1, 0.15) is 31.4 Å². The molecule has 0 spiro atoms. The molecule has 2 saturated carbocycles. The zero-order valence-electron chi connectivity index (χ0n) is 12.6. The third-order valence-electron chi connectivity index (χ3n) is 5.02. The van der Waals surface area contributed by atoms with Crippen LogP contribution in [0.4, 0.5) is 0 Å². The van der Waals surface area contributed by atoms with Gasteiger partial charge in [0.2, 0.25) is 0 Å². The Bertz CT molecular complexity index is 551. The fraction of sp³-hybridized carbons (Fsp3) is 0.588. The van der Waals surface area contributed by atoms with Crippen LogP contribution in [-0.4, -0.2) is 19.7 Å². The summed E-state index contributed by atoms with van der Waals surface area (Å²) in [7, 11) is 1.69. The van der Waals surface area contributed by atoms with E-state index in [1.165, 1.54) is 11.1 Å². The molecular weight excluding hydrogens is 252 g/mol. The first-order valence-electron chi connectivity index (χ1n) is 7.44. The van der Waals surface area contributed by atoms with Crippen LogP contribution in [-0.2, 0) is 14.9 Å². The Kier molecular flexibility index (Phi) is 3.03. The molecule has 0 bridgehead atoms. The van der Waals surface area contributed by atoms with Crippen molar-refractivity contribution in [3.8, 4) is 5.75 Å². The maximum atomic E-state index is 12.1. The van der Waals surface area contributed by atoms with Crippen molar-refractivity contribution in [1.29, 1.82) is 0 Å². The van der Waals surface area contributed by atoms with Crippen LogP contribution in [0.5, 0.6) is 5.75 Å². The highest BCUT2D eigenvalue weighted by molar-refractivity contribution is 5.84. The molecule has 2 aliphatic carbocycles. The van der Waals surface area contributed by atoms with Crippen LogP contribution >= 0.6 is 0 Å². The van der Waals surface area contributed by atoms with Crippen LogP contribution in [0, 0.1) is 24.7 Å². The Labute approximate surface area is 120 Å². The summed E-state index contributed by atoms with van der Waals surface area (Å²) < 4.78 is 10.6. The van der Waals surface area contributed by atoms with Gasteiger partial charge in [-0.1, -0.05) is 19.4 Å². The molecule has 2 aliphatic rings. The highest BCUT2D eigenvalue weighted by Gasteiger charge is 2.88. The normalized spacial score (nSPS) is 33.3. The van der Waals surface area contributed by atoms with E-state index in [1.54, 1.807) is 7.11 Å². The molecule has 1 aromatic rings. The van der Waals surface area contributed by atoms with Crippen molar-refractivity contribution >= 4 is 5.97 Å². The summed E-state index contributed by atoms with van der Waals surface area (Å²) in [6.07, 6.45) is 1.12. The van der Waals surface area contributed by atoms with Gasteiger partial charge in [-0.2, -0.15) is 0 Å². The van der Waals surface area contributed by atoms with Gasteiger partial charge in [0.25, 0.3) is 0 Å². The quantitative estimate of drug-likeness (QED) is 0.774. The van der Waals surface area contributed by atoms with E-state index in [2.05, 4.69) is 26.0 Å². The maximum absolute atomic E-state index is 12.1. The molecule has 0 heterocycles. The first kappa shape index (κ1) is 13.5. The van der Waals surface area contributed by atoms with Gasteiger partial charge in [0.05, 0.1) is 19.6 Å². The maximum Gasteiger partial charge on any atom is 0.310 e. The van der Waals surface area contributed by atoms with Gasteiger partial charge >= 0.3 is 5.97 Å². The van der Waals surface area contributed by atoms with E-state index in [0.717, 1.165) is 12.2 Å². The van der Waals surface area contributed by atoms with Crippen molar-refractivity contribution in [2.24, 2.45) is 17.8 Å². The van der Waals surface area contributed by atoms with Crippen molar-refractivity contribution in [2.75, 3.05) is 13.7 Å². The molecule has 3 heteroatoms. The van der Waals surface area contributed by atoms with E-state index in [9.17, 15) is 4.79 Å². The second kappa shape index (κ2) is 4.51. The SMILES string of the molecule is CCOC(=O)[C@@H]1C2C(CC)C21c1cc(C)cc(OC)c1. The van der Waals surface area contributed by atoms with E-state index in [0.29, 0.717) is 18.4 Å². The van der Waals surface area contributed by atoms with E-state index >= 15 is 0 Å². The minimum absolute atomic E-state index is 0.0253. The predicted octanol–water partition coefficient (Wildman–Crippen LogP) is 3.09. The number of carbonyl (C=O) groups is 1. The molecular formula is C17H22O3. The van der Waals surface area contributed by atoms with E-state index < -0.39 is 0 Å². The summed E-state index contributed by atoms with van der Waals surface area (Å²) in [5.41, 5.74) is 2.48. The number of ether oxygens (including phenoxy) is 2. The van der Waals surface area contributed by atoms with Gasteiger partial charge in [-0.25, -0.2) is 0 Å². The van der Waals surface area contributed by atoms with E-state index in [4.69, 9.17) is 9.47 Å². The Morgan fingerprint density at radius 2 is 2.05 bits per heavy atom. The molecule has 0 aliphatic heterocycles. The third kappa shape index (κ3) is 1.62. The number of rotatable bonds is 5. The molecule has 2 fully saturated rings. The van der Waals surface area contributed by atoms with Crippen molar-refractivity contribution < 1.29 is 14.3 Å². The Hall–Kier alpha value is -1.51. The number of hydrogen-bond donors (Lipinski definition) is 0. The van der Waals surface area contributed by atoms with Gasteiger partial charge < -0.3 is 9.47 Å². The van der Waals surface area contributed by atoms with Crippen molar-refractivity contribution in [1.82, 2.24) is 0 Å². The van der Waals surface area contributed by atoms with Crippen molar-refractivity contribution in [3.05, 3.63) is 29.3 Å². The lowest BCUT2D eigenvalue weighted by molar-refractivity contribution is -0.146. The molecule has 3 unspecified atom stereocenters. The van der Waals surface area contributed by atoms with Gasteiger partial charge in [-0.15, -0.1) is 0 Å². The summed E-state index contributed by atoms with van der Waals surface area (Å²) in [6.45, 7) is 6.61. The smallest absolute Gasteiger partial charge is 0.310 e. The van der Waals surface area contributed by atoms with E-state index in [1.807, 2.05) is 13.0 Å². The lowest BCUT2D eigenvalue weighted by atomic mass is 9.88. The van der Waals surface area contributed by atoms with Crippen molar-refractivity contribution in [3.63, 3.8) is 0 Å². The fourth-order valence-corrected chi connectivity index (χ4v) is 4.16. The molecule has 4 atom stereocenters. The standard InChI is InChI=1S/C17H22O3/c1-5-13-14-15(16(18)20-6-2)17(13,14)11-7-10(3)8-12(9-11)19-4/h7-9,13-15H,5-6H2,1-4H3/t13?,14?,15-,17?/m0/s1. The minimum atomic E-state index is -0.0253. The topological polar surface area (TPSA) is 35.5 Å². The van der Waals surface area contributed by atoms with Gasteiger partial charge in [-0.3, -0.25) is 4.79 Å². The van der Waals surface area contributed by atoms with Crippen LogP contribution < -0.4 is 4.74 Å². The first-order valence-corrected chi connectivity index (χ1v) is 7.44. The number of carbonyl (C=O) groups excluding carboxylic acids is 1. The first-order chi connectivity index (χ1) is 9.60. The second-order valence-electron chi connectivity index (χ2n) is 5.94. The number of aryl methyl sites for hydroxylation is 1. The molecule has 20 heavy (non-hydrogen) atoms. The molecule has 108 valence electrons. The molecule has 0 amide bonds. The summed E-state index contributed by atoms with van der Waals surface area (Å²) >= 11 is 0. The summed E-state index contributed by atoms with van der Waals surface area (Å²) in [5, 5.41) is 0. The van der Waals surface area contributed by atoms with Gasteiger partial charge in [0, 0.05) is 5.41 Å². The average molecular weight is 274 g/mol. The molecule has 3 rings (SSSR count). The molecule has 0 radical (unpaired) electrons. The largest absolute Gasteiger partial charge is 0.497 e. The number of fused-ring (bicyclic) bond motifs is 1. The summed E-state index contributed by atoms with van der Waals surface area (Å²) in [4.78, 5) is 12.1. The molecule has 0 saturated heterocycles. The van der Waals surface area contributed by atoms with Gasteiger partial charge in [0.1, 0.15) is 5.75 Å². The molecule has 0 aromatic heterocycles. The van der Waals surface area contributed by atoms with Crippen molar-refractivity contribution in [2.45, 2.75) is 32.6 Å². The lowest BCUT2D eigenvalue weighted by Gasteiger charge is -2.18. The number of benzene rings is 1. The second-order valence-corrected chi connectivity index (χ2v) is 5.94. The number of esters is 1. The number of methoxy groups -OCH3 is 1. The van der Waals surface area contributed by atoms with Crippen LogP contribution in [0.25, 0.3) is 0 Å². The zero-order valence-corrected chi connectivity index (χ0v) is 12.6. The predicted molar refractivity (Wildman–Crippen MR) is 76.8 cm³/mol. The fourth-order valence-electron chi connectivity index (χ4n) is 4.16. The lowest BCUT2D eigenvalue weighted by Crippen LogP contribution is -2.22. The zero-order chi connectivity index (χ0) is 14.5. The van der Waals surface area contributed by atoms with Crippen LogP contribution in [0.15, 0.2) is 18.2 Å². The average Bonchev–Trinajstić information content (AvgIpc) is 3.26. The van der Waals surface area contributed by atoms with Crippen LogP contribution in [0.2, 0.25) is 0 Å². The summed E-state index contributed by atoms with van der Waals surface area (Å²) in [6, 6.07) is 6.32. The monoisotopic (exact) mass is 274 g/mol. The highest BCUT2D eigenvalue weighted by atomic mass is 16.5. The highest BCUT2D eigenvalue weighted by Crippen LogP contribution is 2.85. The summed E-state index contributed by atoms with van der Waals surface area (Å²) in [5.74, 6) is 2.03.